The molecule has 6 nitrogen and oxygen atoms in total. The molecule has 0 aliphatic carbocycles. The van der Waals surface area contributed by atoms with E-state index in [0.717, 1.165) is 5.32 Å². The molecule has 0 fully saturated rings. The number of urea groups is 1. The van der Waals surface area contributed by atoms with Crippen LogP contribution in [0.2, 0.25) is 0 Å². The molecule has 0 radical (unpaired) electrons. The molecule has 3 amide bonds. The van der Waals surface area contributed by atoms with Crippen LogP contribution in [0.3, 0.4) is 0 Å². The fourth-order valence-electron chi connectivity index (χ4n) is 0.828. The van der Waals surface area contributed by atoms with Crippen molar-refractivity contribution in [2.75, 3.05) is 13.1 Å². The quantitative estimate of drug-likeness (QED) is 0.535. The highest BCUT2D eigenvalue weighted by atomic mass is 19.4. The van der Waals surface area contributed by atoms with Crippen molar-refractivity contribution in [3.8, 4) is 0 Å². The molecule has 0 atom stereocenters. The van der Waals surface area contributed by atoms with Crippen LogP contribution in [0.15, 0.2) is 0 Å². The number of halogens is 3. The highest BCUT2D eigenvalue weighted by Crippen LogP contribution is 2.08. The van der Waals surface area contributed by atoms with E-state index in [1.165, 1.54) is 0 Å². The number of nitrogens with one attached hydrogen (secondary N) is 3. The van der Waals surface area contributed by atoms with Crippen molar-refractivity contribution in [1.82, 2.24) is 16.0 Å². The van der Waals surface area contributed by atoms with Crippen LogP contribution >= 0.6 is 0 Å². The summed E-state index contributed by atoms with van der Waals surface area (Å²) in [6.07, 6.45) is -5.48. The molecule has 0 heterocycles. The van der Waals surface area contributed by atoms with E-state index in [4.69, 9.17) is 4.74 Å². The Morgan fingerprint density at radius 3 is 2.00 bits per heavy atom. The molecule has 106 valence electrons. The highest BCUT2D eigenvalue weighted by molar-refractivity contribution is 5.74. The SMILES string of the molecule is CC(C)(C)OC(=O)NCCNC(=O)NC(F)(F)F. The minimum absolute atomic E-state index is 0.0415. The Balaban J connectivity index is 3.69. The van der Waals surface area contributed by atoms with Crippen LogP contribution in [-0.2, 0) is 4.74 Å². The number of alkyl carbamates (subject to hydrolysis) is 1. The van der Waals surface area contributed by atoms with Crippen molar-refractivity contribution in [2.24, 2.45) is 0 Å². The summed E-state index contributed by atoms with van der Waals surface area (Å²) in [5.41, 5.74) is -0.662. The summed E-state index contributed by atoms with van der Waals surface area (Å²) in [6, 6.07) is -1.38. The molecule has 0 aliphatic heterocycles. The molecule has 0 aromatic rings. The molecule has 9 heteroatoms. The smallest absolute Gasteiger partial charge is 0.444 e. The third-order valence-corrected chi connectivity index (χ3v) is 1.33. The second-order valence-corrected chi connectivity index (χ2v) is 4.31. The lowest BCUT2D eigenvalue weighted by Gasteiger charge is -2.19. The molecular formula is C9H16F3N3O3. The van der Waals surface area contributed by atoms with Gasteiger partial charge in [-0.15, -0.1) is 0 Å². The molecule has 0 saturated carbocycles. The number of amides is 3. The predicted octanol–water partition coefficient (Wildman–Crippen LogP) is 1.33. The first-order valence-corrected chi connectivity index (χ1v) is 5.09. The van der Waals surface area contributed by atoms with E-state index in [1.54, 1.807) is 20.8 Å². The zero-order valence-electron chi connectivity index (χ0n) is 10.3. The Bertz CT molecular complexity index is 270. The lowest BCUT2D eigenvalue weighted by atomic mass is 10.2. The molecule has 0 aliphatic rings. The molecule has 0 spiro atoms. The summed E-state index contributed by atoms with van der Waals surface area (Å²) in [5, 5.41) is 4.94. The normalized spacial score (nSPS) is 11.7. The maximum Gasteiger partial charge on any atom is 0.485 e. The summed E-state index contributed by atoms with van der Waals surface area (Å²) in [7, 11) is 0. The van der Waals surface area contributed by atoms with Crippen LogP contribution in [0.4, 0.5) is 22.8 Å². The van der Waals surface area contributed by atoms with Crippen LogP contribution in [0.25, 0.3) is 0 Å². The summed E-state index contributed by atoms with van der Waals surface area (Å²) < 4.78 is 39.9. The maximum atomic E-state index is 11.7. The Kier molecular flexibility index (Phi) is 5.73. The topological polar surface area (TPSA) is 79.5 Å². The number of carbonyl (C=O) groups is 2. The number of hydrogen-bond donors (Lipinski definition) is 3. The van der Waals surface area contributed by atoms with Gasteiger partial charge in [-0.1, -0.05) is 0 Å². The van der Waals surface area contributed by atoms with Gasteiger partial charge in [0.25, 0.3) is 0 Å². The number of rotatable bonds is 3. The van der Waals surface area contributed by atoms with Gasteiger partial charge in [0, 0.05) is 13.1 Å². The third-order valence-electron chi connectivity index (χ3n) is 1.33. The molecule has 18 heavy (non-hydrogen) atoms. The number of alkyl halides is 3. The lowest BCUT2D eigenvalue weighted by molar-refractivity contribution is -0.145. The van der Waals surface area contributed by atoms with Crippen molar-refractivity contribution in [3.63, 3.8) is 0 Å². The second kappa shape index (κ2) is 6.31. The summed E-state index contributed by atoms with van der Waals surface area (Å²) >= 11 is 0. The third kappa shape index (κ3) is 10.8. The van der Waals surface area contributed by atoms with E-state index in [-0.39, 0.29) is 13.1 Å². The summed E-state index contributed by atoms with van der Waals surface area (Å²) in [5.74, 6) is 0. The largest absolute Gasteiger partial charge is 0.485 e. The van der Waals surface area contributed by atoms with Crippen molar-refractivity contribution < 1.29 is 27.5 Å². The van der Waals surface area contributed by atoms with Gasteiger partial charge in [-0.2, -0.15) is 13.2 Å². The Morgan fingerprint density at radius 2 is 1.56 bits per heavy atom. The van der Waals surface area contributed by atoms with Gasteiger partial charge in [-0.3, -0.25) is 0 Å². The first-order valence-electron chi connectivity index (χ1n) is 5.09. The molecule has 0 unspecified atom stereocenters. The number of ether oxygens (including phenoxy) is 1. The lowest BCUT2D eigenvalue weighted by Crippen LogP contribution is -2.46. The summed E-state index contributed by atoms with van der Waals surface area (Å²) in [6.45, 7) is 4.81. The second-order valence-electron chi connectivity index (χ2n) is 4.31. The van der Waals surface area contributed by atoms with E-state index in [2.05, 4.69) is 5.32 Å². The van der Waals surface area contributed by atoms with Crippen molar-refractivity contribution in [1.29, 1.82) is 0 Å². The van der Waals surface area contributed by atoms with E-state index >= 15 is 0 Å². The molecule has 0 rings (SSSR count). The van der Waals surface area contributed by atoms with Gasteiger partial charge in [0.05, 0.1) is 0 Å². The van der Waals surface area contributed by atoms with E-state index in [1.807, 2.05) is 5.32 Å². The summed E-state index contributed by atoms with van der Waals surface area (Å²) in [4.78, 5) is 21.7. The minimum Gasteiger partial charge on any atom is -0.444 e. The van der Waals surface area contributed by atoms with Gasteiger partial charge in [-0.05, 0) is 20.8 Å². The standard InChI is InChI=1S/C9H16F3N3O3/c1-8(2,3)18-7(17)14-5-4-13-6(16)15-9(10,11)12/h4-5H2,1-3H3,(H,14,17)(H2,13,15,16). The van der Waals surface area contributed by atoms with Crippen LogP contribution in [0.1, 0.15) is 20.8 Å². The Hall–Kier alpha value is -1.67. The van der Waals surface area contributed by atoms with Gasteiger partial charge in [0.15, 0.2) is 0 Å². The van der Waals surface area contributed by atoms with Gasteiger partial charge in [0.2, 0.25) is 0 Å². The molecule has 0 aromatic carbocycles. The maximum absolute atomic E-state index is 11.7. The molecular weight excluding hydrogens is 255 g/mol. The van der Waals surface area contributed by atoms with E-state index in [9.17, 15) is 22.8 Å². The average Bonchev–Trinajstić information content (AvgIpc) is 2.06. The van der Waals surface area contributed by atoms with E-state index < -0.39 is 24.0 Å². The van der Waals surface area contributed by atoms with Gasteiger partial charge < -0.3 is 15.4 Å². The van der Waals surface area contributed by atoms with Crippen LogP contribution in [-0.4, -0.2) is 37.1 Å². The van der Waals surface area contributed by atoms with Gasteiger partial charge >= 0.3 is 18.4 Å². The van der Waals surface area contributed by atoms with Crippen molar-refractivity contribution in [3.05, 3.63) is 0 Å². The predicted molar refractivity (Wildman–Crippen MR) is 56.8 cm³/mol. The van der Waals surface area contributed by atoms with Crippen LogP contribution < -0.4 is 16.0 Å². The number of hydrogen-bond acceptors (Lipinski definition) is 3. The number of carbonyl (C=O) groups excluding carboxylic acids is 2. The van der Waals surface area contributed by atoms with Crippen molar-refractivity contribution in [2.45, 2.75) is 32.7 Å². The molecule has 0 saturated heterocycles. The van der Waals surface area contributed by atoms with E-state index in [0.29, 0.717) is 0 Å². The first-order chi connectivity index (χ1) is 7.99. The van der Waals surface area contributed by atoms with Crippen LogP contribution in [0, 0.1) is 0 Å². The zero-order chi connectivity index (χ0) is 14.4. The van der Waals surface area contributed by atoms with Gasteiger partial charge in [-0.25, -0.2) is 14.9 Å². The zero-order valence-corrected chi connectivity index (χ0v) is 10.3. The monoisotopic (exact) mass is 271 g/mol. The van der Waals surface area contributed by atoms with Crippen molar-refractivity contribution >= 4 is 12.1 Å². The highest BCUT2D eigenvalue weighted by Gasteiger charge is 2.29. The van der Waals surface area contributed by atoms with Gasteiger partial charge in [0.1, 0.15) is 5.60 Å². The Morgan fingerprint density at radius 1 is 1.06 bits per heavy atom. The minimum atomic E-state index is -4.78. The first kappa shape index (κ1) is 16.3. The molecule has 0 bridgehead atoms. The fourth-order valence-corrected chi connectivity index (χ4v) is 0.828. The fraction of sp³-hybridized carbons (Fsp3) is 0.778. The van der Waals surface area contributed by atoms with Crippen LogP contribution in [0.5, 0.6) is 0 Å². The molecule has 3 N–H and O–H groups in total. The average molecular weight is 271 g/mol. The Labute approximate surface area is 102 Å². The molecule has 0 aromatic heterocycles.